The summed E-state index contributed by atoms with van der Waals surface area (Å²) in [6, 6.07) is 0.415. The Labute approximate surface area is 188 Å². The van der Waals surface area contributed by atoms with Crippen molar-refractivity contribution in [2.24, 2.45) is 0 Å². The number of nitrogens with zero attached hydrogens (tertiary/aromatic N) is 4. The standard InChI is InChI=1S/C23H34N4O3S/c1-15-20(16(2)27(25-15)18-8-12-29-13-9-18)21-24-19(14-31-21)17-6-10-26(11-7-17)22(28)30-23(3,4)5/h14,17-18H,6-13H2,1-5H3. The van der Waals surface area contributed by atoms with Crippen molar-refractivity contribution in [2.45, 2.75) is 77.9 Å². The van der Waals surface area contributed by atoms with Crippen LogP contribution < -0.4 is 0 Å². The fraction of sp³-hybridized carbons (Fsp3) is 0.696. The second kappa shape index (κ2) is 8.90. The summed E-state index contributed by atoms with van der Waals surface area (Å²) >= 11 is 1.71. The Balaban J connectivity index is 1.44. The van der Waals surface area contributed by atoms with Gasteiger partial charge in [-0.2, -0.15) is 5.10 Å². The van der Waals surface area contributed by atoms with Gasteiger partial charge in [-0.1, -0.05) is 0 Å². The van der Waals surface area contributed by atoms with Crippen molar-refractivity contribution < 1.29 is 14.3 Å². The van der Waals surface area contributed by atoms with Crippen LogP contribution in [0.15, 0.2) is 5.38 Å². The highest BCUT2D eigenvalue weighted by molar-refractivity contribution is 7.13. The Morgan fingerprint density at radius 2 is 1.84 bits per heavy atom. The van der Waals surface area contributed by atoms with E-state index in [1.54, 1.807) is 11.3 Å². The van der Waals surface area contributed by atoms with E-state index in [0.717, 1.165) is 55.3 Å². The molecule has 2 aliphatic rings. The molecule has 4 heterocycles. The maximum Gasteiger partial charge on any atom is 0.410 e. The number of amides is 1. The van der Waals surface area contributed by atoms with E-state index < -0.39 is 5.60 Å². The number of ether oxygens (including phenoxy) is 2. The smallest absolute Gasteiger partial charge is 0.410 e. The molecule has 1 amide bonds. The number of aryl methyl sites for hydroxylation is 1. The van der Waals surface area contributed by atoms with E-state index in [4.69, 9.17) is 19.6 Å². The van der Waals surface area contributed by atoms with Crippen LogP contribution in [0.5, 0.6) is 0 Å². The lowest BCUT2D eigenvalue weighted by Crippen LogP contribution is -2.41. The van der Waals surface area contributed by atoms with E-state index >= 15 is 0 Å². The first-order chi connectivity index (χ1) is 14.7. The van der Waals surface area contributed by atoms with Gasteiger partial charge in [0.25, 0.3) is 0 Å². The zero-order chi connectivity index (χ0) is 22.2. The van der Waals surface area contributed by atoms with Gasteiger partial charge in [-0.3, -0.25) is 4.68 Å². The summed E-state index contributed by atoms with van der Waals surface area (Å²) < 4.78 is 13.2. The van der Waals surface area contributed by atoms with Crippen LogP contribution in [0.4, 0.5) is 4.79 Å². The van der Waals surface area contributed by atoms with Gasteiger partial charge in [0.05, 0.1) is 23.0 Å². The van der Waals surface area contributed by atoms with Gasteiger partial charge in [-0.15, -0.1) is 11.3 Å². The topological polar surface area (TPSA) is 69.5 Å². The van der Waals surface area contributed by atoms with Crippen molar-refractivity contribution in [2.75, 3.05) is 26.3 Å². The van der Waals surface area contributed by atoms with Crippen molar-refractivity contribution in [3.05, 3.63) is 22.5 Å². The Hall–Kier alpha value is -1.93. The predicted molar refractivity (Wildman–Crippen MR) is 122 cm³/mol. The van der Waals surface area contributed by atoms with Crippen molar-refractivity contribution >= 4 is 17.4 Å². The Morgan fingerprint density at radius 3 is 2.48 bits per heavy atom. The molecule has 0 unspecified atom stereocenters. The van der Waals surface area contributed by atoms with Gasteiger partial charge in [0.1, 0.15) is 10.6 Å². The second-order valence-corrected chi connectivity index (χ2v) is 10.5. The SMILES string of the molecule is Cc1nn(C2CCOCC2)c(C)c1-c1nc(C2CCN(C(=O)OC(C)(C)C)CC2)cs1. The molecule has 0 N–H and O–H groups in total. The molecule has 2 aliphatic heterocycles. The number of carbonyl (C=O) groups excluding carboxylic acids is 1. The van der Waals surface area contributed by atoms with E-state index in [2.05, 4.69) is 23.9 Å². The molecule has 2 aromatic heterocycles. The van der Waals surface area contributed by atoms with E-state index in [0.29, 0.717) is 25.0 Å². The third kappa shape index (κ3) is 4.95. The van der Waals surface area contributed by atoms with E-state index in [1.807, 2.05) is 25.7 Å². The minimum Gasteiger partial charge on any atom is -0.444 e. The van der Waals surface area contributed by atoms with Crippen LogP contribution in [0.25, 0.3) is 10.6 Å². The number of hydrogen-bond donors (Lipinski definition) is 0. The number of hydrogen-bond acceptors (Lipinski definition) is 6. The lowest BCUT2D eigenvalue weighted by molar-refractivity contribution is 0.0204. The third-order valence-corrected chi connectivity index (χ3v) is 7.04. The number of piperidine rings is 1. The minimum absolute atomic E-state index is 0.211. The van der Waals surface area contributed by atoms with Gasteiger partial charge < -0.3 is 14.4 Å². The van der Waals surface area contributed by atoms with Gasteiger partial charge in [0.2, 0.25) is 0 Å². The summed E-state index contributed by atoms with van der Waals surface area (Å²) in [4.78, 5) is 19.2. The molecule has 0 aliphatic carbocycles. The molecule has 7 nitrogen and oxygen atoms in total. The van der Waals surface area contributed by atoms with Crippen LogP contribution in [0, 0.1) is 13.8 Å². The molecule has 0 aromatic carbocycles. The molecular weight excluding hydrogens is 412 g/mol. The van der Waals surface area contributed by atoms with Crippen molar-refractivity contribution in [1.29, 1.82) is 0 Å². The van der Waals surface area contributed by atoms with Crippen LogP contribution in [-0.2, 0) is 9.47 Å². The number of rotatable bonds is 3. The molecular formula is C23H34N4O3S. The zero-order valence-corrected chi connectivity index (χ0v) is 20.1. The summed E-state index contributed by atoms with van der Waals surface area (Å²) in [5.74, 6) is 0.384. The van der Waals surface area contributed by atoms with E-state index in [-0.39, 0.29) is 6.09 Å². The Kier molecular flexibility index (Phi) is 6.40. The average molecular weight is 447 g/mol. The summed E-state index contributed by atoms with van der Waals surface area (Å²) in [7, 11) is 0. The highest BCUT2D eigenvalue weighted by atomic mass is 32.1. The van der Waals surface area contributed by atoms with Gasteiger partial charge in [0, 0.05) is 43.3 Å². The van der Waals surface area contributed by atoms with Crippen LogP contribution in [0.3, 0.4) is 0 Å². The molecule has 170 valence electrons. The predicted octanol–water partition coefficient (Wildman–Crippen LogP) is 5.09. The first-order valence-electron chi connectivity index (χ1n) is 11.3. The lowest BCUT2D eigenvalue weighted by atomic mass is 9.94. The summed E-state index contributed by atoms with van der Waals surface area (Å²) in [6.45, 7) is 13.0. The van der Waals surface area contributed by atoms with Crippen LogP contribution in [-0.4, -0.2) is 57.7 Å². The molecule has 0 radical (unpaired) electrons. The normalized spacial score (nSPS) is 19.1. The quantitative estimate of drug-likeness (QED) is 0.657. The highest BCUT2D eigenvalue weighted by Gasteiger charge is 2.29. The number of carbonyl (C=O) groups is 1. The van der Waals surface area contributed by atoms with Gasteiger partial charge >= 0.3 is 6.09 Å². The number of aromatic nitrogens is 3. The molecule has 2 aromatic rings. The maximum absolute atomic E-state index is 12.3. The molecule has 8 heteroatoms. The van der Waals surface area contributed by atoms with E-state index in [1.165, 1.54) is 11.3 Å². The van der Waals surface area contributed by atoms with Crippen molar-refractivity contribution in [1.82, 2.24) is 19.7 Å². The lowest BCUT2D eigenvalue weighted by Gasteiger charge is -2.32. The monoisotopic (exact) mass is 446 g/mol. The Bertz CT molecular complexity index is 916. The van der Waals surface area contributed by atoms with E-state index in [9.17, 15) is 4.79 Å². The summed E-state index contributed by atoms with van der Waals surface area (Å²) in [5, 5.41) is 8.10. The van der Waals surface area contributed by atoms with Crippen LogP contribution >= 0.6 is 11.3 Å². The van der Waals surface area contributed by atoms with Gasteiger partial charge in [0.15, 0.2) is 0 Å². The zero-order valence-electron chi connectivity index (χ0n) is 19.3. The molecule has 4 rings (SSSR count). The molecule has 2 saturated heterocycles. The van der Waals surface area contributed by atoms with Crippen molar-refractivity contribution in [3.8, 4) is 10.6 Å². The summed E-state index contributed by atoms with van der Waals surface area (Å²) in [6.07, 6.45) is 3.65. The first-order valence-corrected chi connectivity index (χ1v) is 12.2. The van der Waals surface area contributed by atoms with Crippen LogP contribution in [0.1, 0.15) is 75.5 Å². The molecule has 0 spiro atoms. The molecule has 0 saturated carbocycles. The van der Waals surface area contributed by atoms with Crippen LogP contribution in [0.2, 0.25) is 0 Å². The average Bonchev–Trinajstić information content (AvgIpc) is 3.32. The molecule has 31 heavy (non-hydrogen) atoms. The van der Waals surface area contributed by atoms with Crippen molar-refractivity contribution in [3.63, 3.8) is 0 Å². The fourth-order valence-corrected chi connectivity index (χ4v) is 5.58. The second-order valence-electron chi connectivity index (χ2n) is 9.65. The summed E-state index contributed by atoms with van der Waals surface area (Å²) in [5.41, 5.74) is 4.10. The molecule has 2 fully saturated rings. The largest absolute Gasteiger partial charge is 0.444 e. The third-order valence-electron chi connectivity index (χ3n) is 6.16. The van der Waals surface area contributed by atoms with Gasteiger partial charge in [-0.05, 0) is 60.3 Å². The maximum atomic E-state index is 12.3. The minimum atomic E-state index is -0.456. The van der Waals surface area contributed by atoms with Gasteiger partial charge in [-0.25, -0.2) is 9.78 Å². The first kappa shape index (κ1) is 22.3. The molecule has 0 atom stereocenters. The number of likely N-dealkylation sites (tertiary alicyclic amines) is 1. The number of thiazole rings is 1. The fourth-order valence-electron chi connectivity index (χ4n) is 4.53. The highest BCUT2D eigenvalue weighted by Crippen LogP contribution is 2.36. The molecule has 0 bridgehead atoms. The Morgan fingerprint density at radius 1 is 1.16 bits per heavy atom.